The van der Waals surface area contributed by atoms with Crippen molar-refractivity contribution < 1.29 is 28.6 Å². The SMILES string of the molecule is CCC(O)(c1ccc(F)c(OCC2CC2)c1)C1CCCN1C(=O)CCCC1CCC(=O)NC1=O. The summed E-state index contributed by atoms with van der Waals surface area (Å²) in [6.45, 7) is 2.92. The lowest BCUT2D eigenvalue weighted by Crippen LogP contribution is -2.49. The third-order valence-corrected chi connectivity index (χ3v) is 7.56. The Hall–Kier alpha value is -2.48. The van der Waals surface area contributed by atoms with Crippen molar-refractivity contribution in [2.24, 2.45) is 11.8 Å². The van der Waals surface area contributed by atoms with Crippen molar-refractivity contribution in [1.29, 1.82) is 0 Å². The van der Waals surface area contributed by atoms with E-state index >= 15 is 0 Å². The fourth-order valence-corrected chi connectivity index (χ4v) is 5.23. The topological polar surface area (TPSA) is 95.9 Å². The maximum Gasteiger partial charge on any atom is 0.229 e. The van der Waals surface area contributed by atoms with Gasteiger partial charge in [0.15, 0.2) is 11.6 Å². The summed E-state index contributed by atoms with van der Waals surface area (Å²) in [5, 5.41) is 14.1. The van der Waals surface area contributed by atoms with Crippen LogP contribution in [0.4, 0.5) is 4.39 Å². The molecule has 0 spiro atoms. The highest BCUT2D eigenvalue weighted by atomic mass is 19.1. The predicted molar refractivity (Wildman–Crippen MR) is 123 cm³/mol. The molecule has 34 heavy (non-hydrogen) atoms. The number of nitrogens with zero attached hydrogens (tertiary/aromatic N) is 1. The number of ether oxygens (including phenoxy) is 1. The van der Waals surface area contributed by atoms with Crippen LogP contribution in [0.25, 0.3) is 0 Å². The Bertz CT molecular complexity index is 934. The highest BCUT2D eigenvalue weighted by molar-refractivity contribution is 5.98. The number of carbonyl (C=O) groups excluding carboxylic acids is 3. The van der Waals surface area contributed by atoms with Crippen LogP contribution in [0.15, 0.2) is 18.2 Å². The van der Waals surface area contributed by atoms with Crippen LogP contribution in [-0.2, 0) is 20.0 Å². The minimum absolute atomic E-state index is 0.0472. The number of piperidine rings is 1. The maximum absolute atomic E-state index is 14.3. The molecule has 3 aliphatic rings. The van der Waals surface area contributed by atoms with Gasteiger partial charge in [-0.25, -0.2) is 4.39 Å². The van der Waals surface area contributed by atoms with Crippen LogP contribution < -0.4 is 10.1 Å². The monoisotopic (exact) mass is 474 g/mol. The summed E-state index contributed by atoms with van der Waals surface area (Å²) in [4.78, 5) is 38.1. The Morgan fingerprint density at radius 2 is 2.06 bits per heavy atom. The van der Waals surface area contributed by atoms with Crippen molar-refractivity contribution in [3.8, 4) is 5.75 Å². The van der Waals surface area contributed by atoms with E-state index in [0.717, 1.165) is 19.3 Å². The second kappa shape index (κ2) is 10.4. The molecular formula is C26H35FN2O5. The van der Waals surface area contributed by atoms with Gasteiger partial charge in [0.1, 0.15) is 5.60 Å². The number of halogens is 1. The van der Waals surface area contributed by atoms with Gasteiger partial charge in [0.25, 0.3) is 0 Å². The van der Waals surface area contributed by atoms with E-state index in [9.17, 15) is 23.9 Å². The van der Waals surface area contributed by atoms with Gasteiger partial charge in [-0.2, -0.15) is 0 Å². The number of likely N-dealkylation sites (tertiary alicyclic amines) is 1. The Morgan fingerprint density at radius 1 is 1.26 bits per heavy atom. The molecule has 4 rings (SSSR count). The number of amides is 3. The van der Waals surface area contributed by atoms with Crippen molar-refractivity contribution in [1.82, 2.24) is 10.2 Å². The van der Waals surface area contributed by atoms with Crippen LogP contribution in [0, 0.1) is 17.7 Å². The van der Waals surface area contributed by atoms with Crippen molar-refractivity contribution in [3.05, 3.63) is 29.6 Å². The molecule has 8 heteroatoms. The van der Waals surface area contributed by atoms with Gasteiger partial charge in [0, 0.05) is 25.3 Å². The molecule has 2 N–H and O–H groups in total. The zero-order valence-electron chi connectivity index (χ0n) is 19.9. The van der Waals surface area contributed by atoms with E-state index in [0.29, 0.717) is 63.2 Å². The van der Waals surface area contributed by atoms with E-state index in [1.54, 1.807) is 17.0 Å². The average Bonchev–Trinajstić information content (AvgIpc) is 3.52. The van der Waals surface area contributed by atoms with Crippen LogP contribution in [0.3, 0.4) is 0 Å². The first kappa shape index (κ1) is 24.6. The summed E-state index contributed by atoms with van der Waals surface area (Å²) in [5.41, 5.74) is -0.739. The number of imide groups is 1. The highest BCUT2D eigenvalue weighted by Crippen LogP contribution is 2.40. The van der Waals surface area contributed by atoms with Crippen molar-refractivity contribution in [3.63, 3.8) is 0 Å². The number of carbonyl (C=O) groups is 3. The van der Waals surface area contributed by atoms with Gasteiger partial charge >= 0.3 is 0 Å². The number of nitrogens with one attached hydrogen (secondary N) is 1. The zero-order valence-corrected chi connectivity index (χ0v) is 19.9. The van der Waals surface area contributed by atoms with Crippen molar-refractivity contribution >= 4 is 17.7 Å². The van der Waals surface area contributed by atoms with Gasteiger partial charge in [-0.3, -0.25) is 19.7 Å². The maximum atomic E-state index is 14.3. The van der Waals surface area contributed by atoms with Crippen molar-refractivity contribution in [2.45, 2.75) is 82.8 Å². The standard InChI is InChI=1S/C26H35FN2O5/c1-2-26(33,19-11-12-20(27)21(15-19)34-16-17-8-9-17)22-6-4-14-29(22)24(31)7-3-5-18-10-13-23(30)28-25(18)32/h11-12,15,17-18,22,33H,2-10,13-14,16H2,1H3,(H,28,30,32). The van der Waals surface area contributed by atoms with E-state index in [1.807, 2.05) is 6.92 Å². The first-order chi connectivity index (χ1) is 16.3. The first-order valence-corrected chi connectivity index (χ1v) is 12.6. The Labute approximate surface area is 200 Å². The van der Waals surface area contributed by atoms with Crippen LogP contribution >= 0.6 is 0 Å². The molecule has 0 bridgehead atoms. The number of hydrogen-bond donors (Lipinski definition) is 2. The first-order valence-electron chi connectivity index (χ1n) is 12.6. The van der Waals surface area contributed by atoms with Gasteiger partial charge in [-0.05, 0) is 75.0 Å². The molecule has 1 aromatic rings. The molecule has 3 amide bonds. The molecule has 3 atom stereocenters. The van der Waals surface area contributed by atoms with E-state index in [-0.39, 0.29) is 35.8 Å². The van der Waals surface area contributed by atoms with E-state index in [4.69, 9.17) is 4.74 Å². The molecule has 1 saturated carbocycles. The molecule has 3 unspecified atom stereocenters. The van der Waals surface area contributed by atoms with Crippen LogP contribution in [0.1, 0.15) is 76.7 Å². The summed E-state index contributed by atoms with van der Waals surface area (Å²) < 4.78 is 20.0. The molecule has 2 saturated heterocycles. The second-order valence-electron chi connectivity index (χ2n) is 9.96. The predicted octanol–water partition coefficient (Wildman–Crippen LogP) is 3.43. The lowest BCUT2D eigenvalue weighted by molar-refractivity contribution is -0.140. The molecular weight excluding hydrogens is 439 g/mol. The third-order valence-electron chi connectivity index (χ3n) is 7.56. The van der Waals surface area contributed by atoms with Gasteiger partial charge in [-0.15, -0.1) is 0 Å². The molecule has 0 radical (unpaired) electrons. The minimum Gasteiger partial charge on any atom is -0.490 e. The average molecular weight is 475 g/mol. The number of benzene rings is 1. The molecule has 186 valence electrons. The number of rotatable bonds is 10. The van der Waals surface area contributed by atoms with E-state index in [1.165, 1.54) is 6.07 Å². The van der Waals surface area contributed by atoms with Gasteiger partial charge in [0.05, 0.1) is 12.6 Å². The van der Waals surface area contributed by atoms with E-state index < -0.39 is 17.5 Å². The zero-order chi connectivity index (χ0) is 24.3. The number of hydrogen-bond acceptors (Lipinski definition) is 5. The summed E-state index contributed by atoms with van der Waals surface area (Å²) in [6, 6.07) is 4.11. The van der Waals surface area contributed by atoms with Crippen LogP contribution in [0.5, 0.6) is 5.75 Å². The molecule has 2 aliphatic heterocycles. The fourth-order valence-electron chi connectivity index (χ4n) is 5.23. The third kappa shape index (κ3) is 5.43. The number of aliphatic hydroxyl groups is 1. The summed E-state index contributed by atoms with van der Waals surface area (Å²) in [6.07, 6.45) is 6.29. The molecule has 1 aromatic carbocycles. The Balaban J connectivity index is 1.40. The smallest absolute Gasteiger partial charge is 0.229 e. The van der Waals surface area contributed by atoms with Gasteiger partial charge in [0.2, 0.25) is 17.7 Å². The van der Waals surface area contributed by atoms with Crippen LogP contribution in [-0.4, -0.2) is 46.9 Å². The quantitative estimate of drug-likeness (QED) is 0.507. The lowest BCUT2D eigenvalue weighted by Gasteiger charge is -2.39. The second-order valence-corrected chi connectivity index (χ2v) is 9.96. The summed E-state index contributed by atoms with van der Waals surface area (Å²) >= 11 is 0. The highest BCUT2D eigenvalue weighted by Gasteiger charge is 2.45. The molecule has 3 fully saturated rings. The Kier molecular flexibility index (Phi) is 7.55. The largest absolute Gasteiger partial charge is 0.490 e. The minimum atomic E-state index is -1.30. The van der Waals surface area contributed by atoms with E-state index in [2.05, 4.69) is 5.32 Å². The van der Waals surface area contributed by atoms with Gasteiger partial charge < -0.3 is 14.7 Å². The molecule has 0 aromatic heterocycles. The van der Waals surface area contributed by atoms with Crippen LogP contribution in [0.2, 0.25) is 0 Å². The normalized spacial score (nSPS) is 24.6. The molecule has 1 aliphatic carbocycles. The molecule has 2 heterocycles. The summed E-state index contributed by atoms with van der Waals surface area (Å²) in [7, 11) is 0. The fraction of sp³-hybridized carbons (Fsp3) is 0.654. The summed E-state index contributed by atoms with van der Waals surface area (Å²) in [5.74, 6) is -0.588. The Morgan fingerprint density at radius 3 is 2.76 bits per heavy atom. The van der Waals surface area contributed by atoms with Gasteiger partial charge in [-0.1, -0.05) is 13.0 Å². The lowest BCUT2D eigenvalue weighted by atomic mass is 9.82. The van der Waals surface area contributed by atoms with Crippen molar-refractivity contribution in [2.75, 3.05) is 13.2 Å². The molecule has 7 nitrogen and oxygen atoms in total.